The number of hydrogen-bond donors (Lipinski definition) is 2. The lowest BCUT2D eigenvalue weighted by Crippen LogP contribution is -2.37. The number of amides is 2. The number of hydrogen-bond acceptors (Lipinski definition) is 3. The summed E-state index contributed by atoms with van der Waals surface area (Å²) in [6.45, 7) is 5.26. The molecular weight excluding hydrogens is 350 g/mol. The van der Waals surface area contributed by atoms with E-state index in [0.29, 0.717) is 13.1 Å². The van der Waals surface area contributed by atoms with Crippen molar-refractivity contribution in [1.82, 2.24) is 25.4 Å². The van der Waals surface area contributed by atoms with Gasteiger partial charge >= 0.3 is 6.03 Å². The first-order valence-corrected chi connectivity index (χ1v) is 9.67. The number of carbonyl (C=O) groups excluding carboxylic acids is 1. The smallest absolute Gasteiger partial charge is 0.314 e. The van der Waals surface area contributed by atoms with Gasteiger partial charge in [-0.15, -0.1) is 0 Å². The van der Waals surface area contributed by atoms with Crippen LogP contribution in [0.5, 0.6) is 0 Å². The molecule has 2 aromatic heterocycles. The molecule has 0 aliphatic heterocycles. The van der Waals surface area contributed by atoms with Crippen molar-refractivity contribution in [3.05, 3.63) is 77.2 Å². The molecule has 2 amide bonds. The summed E-state index contributed by atoms with van der Waals surface area (Å²) in [6.07, 6.45) is 4.38. The van der Waals surface area contributed by atoms with E-state index in [0.717, 1.165) is 42.0 Å². The van der Waals surface area contributed by atoms with Gasteiger partial charge in [-0.05, 0) is 56.4 Å². The summed E-state index contributed by atoms with van der Waals surface area (Å²) in [5.74, 6) is 0.804. The second-order valence-corrected chi connectivity index (χ2v) is 6.77. The molecule has 2 N–H and O–H groups in total. The van der Waals surface area contributed by atoms with E-state index in [2.05, 4.69) is 32.8 Å². The van der Waals surface area contributed by atoms with Crippen molar-refractivity contribution >= 4 is 6.03 Å². The van der Waals surface area contributed by atoms with Gasteiger partial charge in [0.2, 0.25) is 0 Å². The lowest BCUT2D eigenvalue weighted by atomic mass is 10.1. The van der Waals surface area contributed by atoms with Crippen LogP contribution >= 0.6 is 0 Å². The highest BCUT2D eigenvalue weighted by atomic mass is 16.2. The Morgan fingerprint density at radius 2 is 1.71 bits per heavy atom. The van der Waals surface area contributed by atoms with Crippen LogP contribution in [0.25, 0.3) is 5.82 Å². The molecule has 146 valence electrons. The molecule has 0 saturated heterocycles. The molecule has 0 fully saturated rings. The van der Waals surface area contributed by atoms with Crippen LogP contribution in [0.15, 0.2) is 54.7 Å². The molecule has 0 spiro atoms. The van der Waals surface area contributed by atoms with Crippen molar-refractivity contribution in [2.45, 2.75) is 33.1 Å². The highest BCUT2D eigenvalue weighted by Crippen LogP contribution is 2.16. The molecular formula is C22H27N5O. The van der Waals surface area contributed by atoms with Crippen molar-refractivity contribution in [2.75, 3.05) is 13.1 Å². The fraction of sp³-hybridized carbons (Fsp3) is 0.318. The first-order valence-electron chi connectivity index (χ1n) is 9.67. The molecule has 0 radical (unpaired) electrons. The van der Waals surface area contributed by atoms with Gasteiger partial charge in [0.15, 0.2) is 5.82 Å². The molecule has 0 saturated carbocycles. The fourth-order valence-corrected chi connectivity index (χ4v) is 3.24. The zero-order chi connectivity index (χ0) is 19.8. The summed E-state index contributed by atoms with van der Waals surface area (Å²) >= 11 is 0. The Kier molecular flexibility index (Phi) is 6.78. The minimum Gasteiger partial charge on any atom is -0.338 e. The predicted octanol–water partition coefficient (Wildman–Crippen LogP) is 3.36. The predicted molar refractivity (Wildman–Crippen MR) is 111 cm³/mol. The number of carbonyl (C=O) groups is 1. The normalized spacial score (nSPS) is 10.6. The van der Waals surface area contributed by atoms with Crippen LogP contribution in [-0.4, -0.2) is 33.9 Å². The summed E-state index contributed by atoms with van der Waals surface area (Å²) < 4.78 is 1.86. The molecule has 2 heterocycles. The molecule has 1 aromatic carbocycles. The number of urea groups is 1. The van der Waals surface area contributed by atoms with E-state index < -0.39 is 0 Å². The van der Waals surface area contributed by atoms with Crippen LogP contribution in [0.3, 0.4) is 0 Å². The SMILES string of the molecule is Cc1nn(-c2ccccn2)c(C)c1CCNC(=O)NCCCc1ccccc1. The van der Waals surface area contributed by atoms with Crippen LogP contribution in [0.4, 0.5) is 4.79 Å². The Hall–Kier alpha value is -3.15. The molecule has 6 heteroatoms. The van der Waals surface area contributed by atoms with Gasteiger partial charge < -0.3 is 10.6 Å². The van der Waals surface area contributed by atoms with Crippen LogP contribution in [-0.2, 0) is 12.8 Å². The quantitative estimate of drug-likeness (QED) is 0.591. The third-order valence-corrected chi connectivity index (χ3v) is 4.74. The van der Waals surface area contributed by atoms with Gasteiger partial charge in [-0.3, -0.25) is 0 Å². The topological polar surface area (TPSA) is 71.8 Å². The zero-order valence-corrected chi connectivity index (χ0v) is 16.5. The van der Waals surface area contributed by atoms with Crippen molar-refractivity contribution in [1.29, 1.82) is 0 Å². The molecule has 0 aliphatic rings. The molecule has 3 rings (SSSR count). The van der Waals surface area contributed by atoms with Crippen molar-refractivity contribution in [3.63, 3.8) is 0 Å². The maximum absolute atomic E-state index is 12.0. The van der Waals surface area contributed by atoms with E-state index in [4.69, 9.17) is 0 Å². The van der Waals surface area contributed by atoms with Crippen LogP contribution in [0.2, 0.25) is 0 Å². The van der Waals surface area contributed by atoms with E-state index in [1.165, 1.54) is 5.56 Å². The van der Waals surface area contributed by atoms with E-state index in [9.17, 15) is 4.79 Å². The number of aromatic nitrogens is 3. The summed E-state index contributed by atoms with van der Waals surface area (Å²) in [4.78, 5) is 16.3. The Bertz CT molecular complexity index is 890. The highest BCUT2D eigenvalue weighted by Gasteiger charge is 2.13. The maximum Gasteiger partial charge on any atom is 0.314 e. The van der Waals surface area contributed by atoms with Crippen LogP contribution in [0.1, 0.15) is 28.9 Å². The summed E-state index contributed by atoms with van der Waals surface area (Å²) in [6, 6.07) is 15.9. The monoisotopic (exact) mass is 377 g/mol. The number of benzene rings is 1. The largest absolute Gasteiger partial charge is 0.338 e. The molecule has 0 unspecified atom stereocenters. The second-order valence-electron chi connectivity index (χ2n) is 6.77. The molecule has 0 aliphatic carbocycles. The average molecular weight is 377 g/mol. The fourth-order valence-electron chi connectivity index (χ4n) is 3.24. The first-order chi connectivity index (χ1) is 13.6. The number of pyridine rings is 1. The van der Waals surface area contributed by atoms with Gasteiger partial charge in [0.25, 0.3) is 0 Å². The van der Waals surface area contributed by atoms with Gasteiger partial charge in [0.05, 0.1) is 5.69 Å². The minimum absolute atomic E-state index is 0.125. The molecule has 3 aromatic rings. The summed E-state index contributed by atoms with van der Waals surface area (Å²) in [7, 11) is 0. The number of rotatable bonds is 8. The van der Waals surface area contributed by atoms with Crippen LogP contribution < -0.4 is 10.6 Å². The number of aryl methyl sites for hydroxylation is 2. The van der Waals surface area contributed by atoms with Gasteiger partial charge in [-0.1, -0.05) is 36.4 Å². The van der Waals surface area contributed by atoms with Gasteiger partial charge in [-0.2, -0.15) is 5.10 Å². The van der Waals surface area contributed by atoms with Gasteiger partial charge in [0.1, 0.15) is 0 Å². The Labute approximate surface area is 166 Å². The third-order valence-electron chi connectivity index (χ3n) is 4.74. The summed E-state index contributed by atoms with van der Waals surface area (Å²) in [5, 5.41) is 10.4. The van der Waals surface area contributed by atoms with Crippen molar-refractivity contribution in [2.24, 2.45) is 0 Å². The van der Waals surface area contributed by atoms with Crippen molar-refractivity contribution in [3.8, 4) is 5.82 Å². The van der Waals surface area contributed by atoms with E-state index in [-0.39, 0.29) is 6.03 Å². The average Bonchev–Trinajstić information content (AvgIpc) is 3.01. The number of nitrogens with one attached hydrogen (secondary N) is 2. The molecule has 6 nitrogen and oxygen atoms in total. The molecule has 0 atom stereocenters. The highest BCUT2D eigenvalue weighted by molar-refractivity contribution is 5.73. The third kappa shape index (κ3) is 5.19. The lowest BCUT2D eigenvalue weighted by molar-refractivity contribution is 0.241. The Balaban J connectivity index is 1.42. The molecule has 28 heavy (non-hydrogen) atoms. The standard InChI is InChI=1S/C22H27N5O/c1-17-20(18(2)27(26-17)21-12-6-7-14-23-21)13-16-25-22(28)24-15-8-11-19-9-4-3-5-10-19/h3-7,9-10,12,14H,8,11,13,15-16H2,1-2H3,(H2,24,25,28). The summed E-state index contributed by atoms with van der Waals surface area (Å²) in [5.41, 5.74) is 4.46. The first kappa shape index (κ1) is 19.6. The number of nitrogens with zero attached hydrogens (tertiary/aromatic N) is 3. The zero-order valence-electron chi connectivity index (χ0n) is 16.5. The minimum atomic E-state index is -0.125. The Morgan fingerprint density at radius 3 is 2.46 bits per heavy atom. The van der Waals surface area contributed by atoms with E-state index in [1.54, 1.807) is 6.20 Å². The Morgan fingerprint density at radius 1 is 0.964 bits per heavy atom. The second kappa shape index (κ2) is 9.69. The van der Waals surface area contributed by atoms with Gasteiger partial charge in [0, 0.05) is 25.0 Å². The van der Waals surface area contributed by atoms with E-state index in [1.807, 2.05) is 54.9 Å². The maximum atomic E-state index is 12.0. The van der Waals surface area contributed by atoms with E-state index >= 15 is 0 Å². The lowest BCUT2D eigenvalue weighted by Gasteiger charge is -2.08. The van der Waals surface area contributed by atoms with Crippen LogP contribution in [0, 0.1) is 13.8 Å². The molecule has 0 bridgehead atoms. The van der Waals surface area contributed by atoms with Gasteiger partial charge in [-0.25, -0.2) is 14.5 Å². The van der Waals surface area contributed by atoms with Crippen molar-refractivity contribution < 1.29 is 4.79 Å².